The van der Waals surface area contributed by atoms with E-state index in [0.717, 1.165) is 12.3 Å². The molecule has 5 heteroatoms. The lowest BCUT2D eigenvalue weighted by molar-refractivity contribution is -0.137. The van der Waals surface area contributed by atoms with Crippen molar-refractivity contribution in [1.29, 1.82) is 0 Å². The number of rotatable bonds is 3. The number of pyridine rings is 1. The van der Waals surface area contributed by atoms with E-state index in [1.807, 2.05) is 0 Å². The Morgan fingerprint density at radius 2 is 2.12 bits per heavy atom. The van der Waals surface area contributed by atoms with E-state index in [0.29, 0.717) is 18.8 Å². The van der Waals surface area contributed by atoms with Crippen molar-refractivity contribution < 1.29 is 13.2 Å². The smallest absolute Gasteiger partial charge is 0.369 e. The van der Waals surface area contributed by atoms with E-state index in [4.69, 9.17) is 0 Å². The van der Waals surface area contributed by atoms with Crippen LogP contribution in [0.4, 0.5) is 19.0 Å². The van der Waals surface area contributed by atoms with Crippen LogP contribution in [0.2, 0.25) is 0 Å². The SMILES string of the molecule is CC#CCCNc1ccc(C(F)(F)F)cn1. The van der Waals surface area contributed by atoms with Crippen LogP contribution in [0.25, 0.3) is 0 Å². The average molecular weight is 228 g/mol. The molecule has 86 valence electrons. The highest BCUT2D eigenvalue weighted by Crippen LogP contribution is 2.28. The van der Waals surface area contributed by atoms with Crippen LogP contribution in [0.15, 0.2) is 18.3 Å². The van der Waals surface area contributed by atoms with Crippen molar-refractivity contribution in [3.05, 3.63) is 23.9 Å². The van der Waals surface area contributed by atoms with Crippen molar-refractivity contribution in [3.8, 4) is 11.8 Å². The number of nitrogens with zero attached hydrogens (tertiary/aromatic N) is 1. The molecule has 0 fully saturated rings. The molecule has 0 saturated carbocycles. The second kappa shape index (κ2) is 5.40. The van der Waals surface area contributed by atoms with Gasteiger partial charge in [-0.05, 0) is 19.1 Å². The number of aromatic nitrogens is 1. The summed E-state index contributed by atoms with van der Waals surface area (Å²) in [7, 11) is 0. The van der Waals surface area contributed by atoms with Crippen LogP contribution in [0, 0.1) is 11.8 Å². The summed E-state index contributed by atoms with van der Waals surface area (Å²) in [6.07, 6.45) is -2.88. The second-order valence-electron chi connectivity index (χ2n) is 3.03. The van der Waals surface area contributed by atoms with Crippen molar-refractivity contribution in [2.24, 2.45) is 0 Å². The second-order valence-corrected chi connectivity index (χ2v) is 3.03. The van der Waals surface area contributed by atoms with Crippen molar-refractivity contribution >= 4 is 5.82 Å². The Morgan fingerprint density at radius 1 is 1.38 bits per heavy atom. The summed E-state index contributed by atoms with van der Waals surface area (Å²) >= 11 is 0. The first-order valence-corrected chi connectivity index (χ1v) is 4.71. The molecule has 0 spiro atoms. The highest BCUT2D eigenvalue weighted by atomic mass is 19.4. The number of hydrogen-bond donors (Lipinski definition) is 1. The third-order valence-corrected chi connectivity index (χ3v) is 1.82. The molecule has 1 rings (SSSR count). The zero-order valence-corrected chi connectivity index (χ0v) is 8.73. The lowest BCUT2D eigenvalue weighted by Crippen LogP contribution is -2.07. The molecule has 0 unspecified atom stereocenters. The fourth-order valence-electron chi connectivity index (χ4n) is 1.04. The van der Waals surface area contributed by atoms with Gasteiger partial charge in [-0.1, -0.05) is 0 Å². The molecule has 0 aliphatic heterocycles. The van der Waals surface area contributed by atoms with Crippen molar-refractivity contribution in [2.75, 3.05) is 11.9 Å². The summed E-state index contributed by atoms with van der Waals surface area (Å²) < 4.78 is 36.6. The first-order chi connectivity index (χ1) is 7.54. The van der Waals surface area contributed by atoms with Gasteiger partial charge in [-0.25, -0.2) is 4.98 Å². The fourth-order valence-corrected chi connectivity index (χ4v) is 1.04. The van der Waals surface area contributed by atoms with E-state index in [1.165, 1.54) is 6.07 Å². The minimum Gasteiger partial charge on any atom is -0.369 e. The monoisotopic (exact) mass is 228 g/mol. The van der Waals surface area contributed by atoms with Crippen molar-refractivity contribution in [1.82, 2.24) is 4.98 Å². The maximum absolute atomic E-state index is 12.2. The predicted molar refractivity (Wildman–Crippen MR) is 55.8 cm³/mol. The summed E-state index contributed by atoms with van der Waals surface area (Å²) in [6.45, 7) is 2.30. The molecule has 0 aliphatic rings. The van der Waals surface area contributed by atoms with E-state index < -0.39 is 11.7 Å². The van der Waals surface area contributed by atoms with Gasteiger partial charge in [-0.2, -0.15) is 13.2 Å². The standard InChI is InChI=1S/C11H11F3N2/c1-2-3-4-7-15-10-6-5-9(8-16-10)11(12,13)14/h5-6,8H,4,7H2,1H3,(H,15,16). The van der Waals surface area contributed by atoms with Crippen LogP contribution in [0.1, 0.15) is 18.9 Å². The summed E-state index contributed by atoms with van der Waals surface area (Å²) in [5.41, 5.74) is -0.744. The molecular weight excluding hydrogens is 217 g/mol. The lowest BCUT2D eigenvalue weighted by Gasteiger charge is -2.07. The molecule has 0 saturated heterocycles. The Hall–Kier alpha value is -1.70. The van der Waals surface area contributed by atoms with Crippen molar-refractivity contribution in [2.45, 2.75) is 19.5 Å². The van der Waals surface area contributed by atoms with E-state index in [2.05, 4.69) is 22.1 Å². The Morgan fingerprint density at radius 3 is 2.62 bits per heavy atom. The third kappa shape index (κ3) is 3.81. The molecule has 1 aromatic rings. The van der Waals surface area contributed by atoms with Gasteiger partial charge in [-0.15, -0.1) is 11.8 Å². The molecule has 0 aromatic carbocycles. The summed E-state index contributed by atoms with van der Waals surface area (Å²) in [6, 6.07) is 2.31. The average Bonchev–Trinajstić information content (AvgIpc) is 2.24. The van der Waals surface area contributed by atoms with Crippen LogP contribution in [0.5, 0.6) is 0 Å². The van der Waals surface area contributed by atoms with Gasteiger partial charge in [0.25, 0.3) is 0 Å². The van der Waals surface area contributed by atoms with Gasteiger partial charge in [-0.3, -0.25) is 0 Å². The Kier molecular flexibility index (Phi) is 4.18. The number of hydrogen-bond acceptors (Lipinski definition) is 2. The fraction of sp³-hybridized carbons (Fsp3) is 0.364. The Balaban J connectivity index is 2.54. The molecule has 2 nitrogen and oxygen atoms in total. The molecule has 0 atom stereocenters. The number of alkyl halides is 3. The molecule has 0 amide bonds. The highest BCUT2D eigenvalue weighted by Gasteiger charge is 2.30. The van der Waals surface area contributed by atoms with Crippen LogP contribution < -0.4 is 5.32 Å². The molecule has 1 heterocycles. The first-order valence-electron chi connectivity index (χ1n) is 4.71. The summed E-state index contributed by atoms with van der Waals surface area (Å²) in [4.78, 5) is 3.66. The van der Waals surface area contributed by atoms with Gasteiger partial charge in [0.15, 0.2) is 0 Å². The minimum atomic E-state index is -4.33. The topological polar surface area (TPSA) is 24.9 Å². The summed E-state index contributed by atoms with van der Waals surface area (Å²) in [5, 5.41) is 2.88. The van der Waals surface area contributed by atoms with Gasteiger partial charge in [0.2, 0.25) is 0 Å². The van der Waals surface area contributed by atoms with E-state index in [-0.39, 0.29) is 0 Å². The molecule has 1 aromatic heterocycles. The molecule has 16 heavy (non-hydrogen) atoms. The largest absolute Gasteiger partial charge is 0.417 e. The molecule has 0 bridgehead atoms. The van der Waals surface area contributed by atoms with E-state index in [1.54, 1.807) is 6.92 Å². The van der Waals surface area contributed by atoms with Crippen LogP contribution in [-0.4, -0.2) is 11.5 Å². The molecule has 0 radical (unpaired) electrons. The Labute approximate surface area is 91.9 Å². The number of halogens is 3. The molecule has 1 N–H and O–H groups in total. The normalized spacial score (nSPS) is 10.5. The maximum Gasteiger partial charge on any atom is 0.417 e. The predicted octanol–water partition coefficient (Wildman–Crippen LogP) is 2.93. The molecule has 0 aliphatic carbocycles. The Bertz CT molecular complexity index is 384. The van der Waals surface area contributed by atoms with Gasteiger partial charge >= 0.3 is 6.18 Å². The van der Waals surface area contributed by atoms with Gasteiger partial charge in [0, 0.05) is 19.2 Å². The van der Waals surface area contributed by atoms with Crippen LogP contribution in [0.3, 0.4) is 0 Å². The van der Waals surface area contributed by atoms with Crippen LogP contribution >= 0.6 is 0 Å². The number of anilines is 1. The van der Waals surface area contributed by atoms with Crippen LogP contribution in [-0.2, 0) is 6.18 Å². The van der Waals surface area contributed by atoms with E-state index in [9.17, 15) is 13.2 Å². The van der Waals surface area contributed by atoms with Crippen molar-refractivity contribution in [3.63, 3.8) is 0 Å². The van der Waals surface area contributed by atoms with Gasteiger partial charge in [0.1, 0.15) is 5.82 Å². The maximum atomic E-state index is 12.2. The summed E-state index contributed by atoms with van der Waals surface area (Å²) in [5.74, 6) is 5.98. The zero-order chi connectivity index (χ0) is 12.0. The van der Waals surface area contributed by atoms with Gasteiger partial charge < -0.3 is 5.32 Å². The first kappa shape index (κ1) is 12.4. The van der Waals surface area contributed by atoms with E-state index >= 15 is 0 Å². The highest BCUT2D eigenvalue weighted by molar-refractivity contribution is 5.36. The number of nitrogens with one attached hydrogen (secondary N) is 1. The van der Waals surface area contributed by atoms with Gasteiger partial charge in [0.05, 0.1) is 5.56 Å². The quantitative estimate of drug-likeness (QED) is 0.635. The zero-order valence-electron chi connectivity index (χ0n) is 8.73. The lowest BCUT2D eigenvalue weighted by atomic mass is 10.3. The third-order valence-electron chi connectivity index (χ3n) is 1.82. The molecular formula is C11H11F3N2. The minimum absolute atomic E-state index is 0.422.